The van der Waals surface area contributed by atoms with Crippen LogP contribution >= 0.6 is 11.6 Å². The molecule has 0 fully saturated rings. The Kier molecular flexibility index (Phi) is 6.65. The highest BCUT2D eigenvalue weighted by Crippen LogP contribution is 2.24. The maximum atomic E-state index is 12.6. The van der Waals surface area contributed by atoms with E-state index in [0.717, 1.165) is 11.3 Å². The van der Waals surface area contributed by atoms with E-state index in [9.17, 15) is 14.9 Å². The van der Waals surface area contributed by atoms with Gasteiger partial charge < -0.3 is 14.5 Å². The van der Waals surface area contributed by atoms with Gasteiger partial charge in [0.05, 0.1) is 11.5 Å². The Bertz CT molecular complexity index is 1360. The maximum Gasteiger partial charge on any atom is 0.292 e. The number of ether oxygens (including phenoxy) is 1. The highest BCUT2D eigenvalue weighted by molar-refractivity contribution is 6.30. The van der Waals surface area contributed by atoms with Crippen LogP contribution in [0, 0.1) is 24.0 Å². The van der Waals surface area contributed by atoms with Gasteiger partial charge in [0.15, 0.2) is 11.6 Å². The molecular weight excluding hydrogens is 460 g/mol. The van der Waals surface area contributed by atoms with Gasteiger partial charge in [-0.25, -0.2) is 0 Å². The van der Waals surface area contributed by atoms with Gasteiger partial charge in [-0.05, 0) is 55.8 Å². The molecule has 4 aromatic rings. The van der Waals surface area contributed by atoms with E-state index in [-0.39, 0.29) is 18.1 Å². The van der Waals surface area contributed by atoms with Crippen molar-refractivity contribution in [2.75, 3.05) is 5.32 Å². The van der Waals surface area contributed by atoms with E-state index in [0.29, 0.717) is 34.5 Å². The summed E-state index contributed by atoms with van der Waals surface area (Å²) in [6.07, 6.45) is 0. The highest BCUT2D eigenvalue weighted by Gasteiger charge is 2.15. The molecule has 0 bridgehead atoms. The monoisotopic (exact) mass is 480 g/mol. The van der Waals surface area contributed by atoms with E-state index in [1.54, 1.807) is 35.9 Å². The topological polar surface area (TPSA) is 112 Å². The fourth-order valence-electron chi connectivity index (χ4n) is 3.37. The first-order valence-corrected chi connectivity index (χ1v) is 10.7. The summed E-state index contributed by atoms with van der Waals surface area (Å²) in [7, 11) is 0. The van der Waals surface area contributed by atoms with Crippen LogP contribution in [0.2, 0.25) is 5.02 Å². The second-order valence-corrected chi connectivity index (χ2v) is 8.11. The predicted molar refractivity (Wildman–Crippen MR) is 126 cm³/mol. The molecule has 2 aromatic heterocycles. The summed E-state index contributed by atoms with van der Waals surface area (Å²) in [5.41, 5.74) is 2.39. The van der Waals surface area contributed by atoms with Gasteiger partial charge in [0.1, 0.15) is 18.1 Å². The second kappa shape index (κ2) is 9.80. The number of carbonyl (C=O) groups is 1. The van der Waals surface area contributed by atoms with Gasteiger partial charge in [0, 0.05) is 28.4 Å². The summed E-state index contributed by atoms with van der Waals surface area (Å²) in [4.78, 5) is 23.1. The molecule has 34 heavy (non-hydrogen) atoms. The van der Waals surface area contributed by atoms with E-state index >= 15 is 0 Å². The molecule has 0 unspecified atom stereocenters. The van der Waals surface area contributed by atoms with Crippen LogP contribution < -0.4 is 10.1 Å². The molecule has 0 aliphatic carbocycles. The number of benzene rings is 2. The molecule has 2 aromatic carbocycles. The first-order valence-electron chi connectivity index (χ1n) is 10.4. The molecular formula is C24H21ClN4O5. The molecule has 10 heteroatoms. The van der Waals surface area contributed by atoms with Gasteiger partial charge in [-0.15, -0.1) is 0 Å². The van der Waals surface area contributed by atoms with Gasteiger partial charge >= 0.3 is 0 Å². The van der Waals surface area contributed by atoms with Crippen molar-refractivity contribution in [2.45, 2.75) is 27.0 Å². The molecule has 2 heterocycles. The number of carbonyl (C=O) groups excluding carboxylic acids is 1. The highest BCUT2D eigenvalue weighted by atomic mass is 35.5. The second-order valence-electron chi connectivity index (χ2n) is 7.67. The summed E-state index contributed by atoms with van der Waals surface area (Å²) in [6.45, 7) is 4.12. The Morgan fingerprint density at radius 3 is 2.74 bits per heavy atom. The summed E-state index contributed by atoms with van der Waals surface area (Å²) < 4.78 is 13.0. The number of hydrogen-bond acceptors (Lipinski definition) is 6. The van der Waals surface area contributed by atoms with Crippen LogP contribution in [0.4, 0.5) is 11.5 Å². The van der Waals surface area contributed by atoms with E-state index < -0.39 is 10.8 Å². The van der Waals surface area contributed by atoms with Crippen molar-refractivity contribution in [3.8, 4) is 5.75 Å². The van der Waals surface area contributed by atoms with Crippen molar-refractivity contribution in [3.63, 3.8) is 0 Å². The average Bonchev–Trinajstić information content (AvgIpc) is 3.39. The van der Waals surface area contributed by atoms with Crippen molar-refractivity contribution >= 4 is 29.0 Å². The Labute approximate surface area is 200 Å². The molecule has 1 amide bonds. The lowest BCUT2D eigenvalue weighted by Gasteiger charge is -2.05. The number of amides is 1. The van der Waals surface area contributed by atoms with Gasteiger partial charge in [0.2, 0.25) is 0 Å². The molecule has 0 aliphatic rings. The lowest BCUT2D eigenvalue weighted by molar-refractivity contribution is -0.385. The maximum absolute atomic E-state index is 12.6. The minimum absolute atomic E-state index is 0.0227. The van der Waals surface area contributed by atoms with Crippen molar-refractivity contribution in [1.82, 2.24) is 9.78 Å². The fraction of sp³-hybridized carbons (Fsp3) is 0.167. The number of nitro groups is 1. The van der Waals surface area contributed by atoms with E-state index in [2.05, 4.69) is 10.4 Å². The molecule has 0 aliphatic heterocycles. The third kappa shape index (κ3) is 5.44. The largest absolute Gasteiger partial charge is 0.486 e. The molecule has 9 nitrogen and oxygen atoms in total. The van der Waals surface area contributed by atoms with Gasteiger partial charge in [-0.2, -0.15) is 5.10 Å². The van der Waals surface area contributed by atoms with Crippen LogP contribution in [0.3, 0.4) is 0 Å². The number of nitro benzene ring substituents is 1. The minimum Gasteiger partial charge on any atom is -0.486 e. The number of anilines is 1. The Hall–Kier alpha value is -4.11. The van der Waals surface area contributed by atoms with Gasteiger partial charge in [0.25, 0.3) is 11.6 Å². The van der Waals surface area contributed by atoms with Crippen LogP contribution in [0.25, 0.3) is 0 Å². The zero-order valence-corrected chi connectivity index (χ0v) is 19.2. The van der Waals surface area contributed by atoms with Crippen LogP contribution in [-0.2, 0) is 13.2 Å². The number of hydrogen-bond donors (Lipinski definition) is 1. The SMILES string of the molecule is Cc1cc(OCc2ccc(C(=O)Nc3cc(C)n(Cc4cccc(Cl)c4)n3)o2)ccc1[N+](=O)[O-]. The molecule has 174 valence electrons. The Morgan fingerprint density at radius 1 is 1.18 bits per heavy atom. The summed E-state index contributed by atoms with van der Waals surface area (Å²) in [6, 6.07) is 16.9. The average molecular weight is 481 g/mol. The number of aryl methyl sites for hydroxylation is 2. The van der Waals surface area contributed by atoms with E-state index in [1.165, 1.54) is 12.1 Å². The molecule has 0 atom stereocenters. The minimum atomic E-state index is -0.446. The van der Waals surface area contributed by atoms with Crippen LogP contribution in [0.1, 0.15) is 33.1 Å². The van der Waals surface area contributed by atoms with Crippen molar-refractivity contribution < 1.29 is 18.9 Å². The van der Waals surface area contributed by atoms with E-state index in [4.69, 9.17) is 20.8 Å². The number of rotatable bonds is 8. The number of nitrogens with zero attached hydrogens (tertiary/aromatic N) is 3. The van der Waals surface area contributed by atoms with Crippen molar-refractivity contribution in [2.24, 2.45) is 0 Å². The lowest BCUT2D eigenvalue weighted by Crippen LogP contribution is -2.12. The van der Waals surface area contributed by atoms with Crippen LogP contribution in [0.5, 0.6) is 5.75 Å². The molecule has 4 rings (SSSR count). The van der Waals surface area contributed by atoms with E-state index in [1.807, 2.05) is 31.2 Å². The van der Waals surface area contributed by atoms with Crippen molar-refractivity contribution in [1.29, 1.82) is 0 Å². The fourth-order valence-corrected chi connectivity index (χ4v) is 3.58. The number of nitrogens with one attached hydrogen (secondary N) is 1. The number of furan rings is 1. The normalized spacial score (nSPS) is 10.8. The summed E-state index contributed by atoms with van der Waals surface area (Å²) >= 11 is 6.05. The molecule has 0 radical (unpaired) electrons. The molecule has 1 N–H and O–H groups in total. The third-order valence-electron chi connectivity index (χ3n) is 5.08. The number of aromatic nitrogens is 2. The van der Waals surface area contributed by atoms with Crippen molar-refractivity contribution in [3.05, 3.63) is 104 Å². The zero-order chi connectivity index (χ0) is 24.2. The zero-order valence-electron chi connectivity index (χ0n) is 18.4. The predicted octanol–water partition coefficient (Wildman–Crippen LogP) is 5.53. The molecule has 0 spiro atoms. The summed E-state index contributed by atoms with van der Waals surface area (Å²) in [5, 5.41) is 18.7. The first kappa shape index (κ1) is 23.1. The van der Waals surface area contributed by atoms with Crippen LogP contribution in [0.15, 0.2) is 65.1 Å². The van der Waals surface area contributed by atoms with Gasteiger partial charge in [-0.1, -0.05) is 23.7 Å². The standard InChI is InChI=1S/C24H21ClN4O5/c1-15-10-19(6-8-21(15)29(31)32)33-14-20-7-9-22(34-20)24(30)26-23-11-16(2)28(27-23)13-17-4-3-5-18(25)12-17/h3-12H,13-14H2,1-2H3,(H,26,27,30). The molecule has 0 saturated heterocycles. The van der Waals surface area contributed by atoms with Crippen LogP contribution in [-0.4, -0.2) is 20.6 Å². The van der Waals surface area contributed by atoms with Gasteiger partial charge in [-0.3, -0.25) is 19.6 Å². The lowest BCUT2D eigenvalue weighted by atomic mass is 10.2. The Morgan fingerprint density at radius 2 is 2.00 bits per heavy atom. The first-order chi connectivity index (χ1) is 16.3. The quantitative estimate of drug-likeness (QED) is 0.262. The summed E-state index contributed by atoms with van der Waals surface area (Å²) in [5.74, 6) is 0.973. The Balaban J connectivity index is 1.36. The third-order valence-corrected chi connectivity index (χ3v) is 5.31. The molecule has 0 saturated carbocycles. The smallest absolute Gasteiger partial charge is 0.292 e. The number of halogens is 1.